The van der Waals surface area contributed by atoms with Crippen LogP contribution in [-0.4, -0.2) is 28.8 Å². The molecule has 1 fully saturated rings. The topological polar surface area (TPSA) is 63.6 Å². The molecule has 7 heteroatoms. The van der Waals surface area contributed by atoms with Crippen molar-refractivity contribution >= 4 is 11.9 Å². The van der Waals surface area contributed by atoms with E-state index in [-0.39, 0.29) is 18.8 Å². The third-order valence-electron chi connectivity index (χ3n) is 3.93. The van der Waals surface area contributed by atoms with Gasteiger partial charge in [-0.2, -0.15) is 13.2 Å². The van der Waals surface area contributed by atoms with E-state index in [1.54, 1.807) is 13.8 Å². The van der Waals surface area contributed by atoms with Crippen LogP contribution in [0.3, 0.4) is 0 Å². The fourth-order valence-electron chi connectivity index (χ4n) is 2.66. The van der Waals surface area contributed by atoms with Gasteiger partial charge in [-0.15, -0.1) is 0 Å². The number of aliphatic carboxylic acids is 1. The Kier molecular flexibility index (Phi) is 5.42. The maximum absolute atomic E-state index is 12.9. The van der Waals surface area contributed by atoms with Gasteiger partial charge in [0.05, 0.1) is 5.92 Å². The summed E-state index contributed by atoms with van der Waals surface area (Å²) in [6, 6.07) is 0. The van der Waals surface area contributed by atoms with Crippen LogP contribution in [-0.2, 0) is 14.3 Å². The molecule has 1 N–H and O–H groups in total. The highest BCUT2D eigenvalue weighted by Gasteiger charge is 2.50. The van der Waals surface area contributed by atoms with E-state index in [1.165, 1.54) is 0 Å². The largest absolute Gasteiger partial charge is 0.478 e. The van der Waals surface area contributed by atoms with Crippen LogP contribution >= 0.6 is 0 Å². The van der Waals surface area contributed by atoms with Gasteiger partial charge in [0.25, 0.3) is 0 Å². The predicted octanol–water partition coefficient (Wildman–Crippen LogP) is 3.32. The number of ether oxygens (including phenoxy) is 1. The number of halogens is 3. The summed E-state index contributed by atoms with van der Waals surface area (Å²) < 4.78 is 43.9. The number of carboxylic acid groups (broad SMARTS) is 1. The molecule has 0 radical (unpaired) electrons. The van der Waals surface area contributed by atoms with E-state index in [9.17, 15) is 22.8 Å². The lowest BCUT2D eigenvalue weighted by atomic mass is 9.72. The third kappa shape index (κ3) is 4.75. The first-order chi connectivity index (χ1) is 9.57. The molecule has 1 aliphatic rings. The molecule has 1 rings (SSSR count). The van der Waals surface area contributed by atoms with E-state index in [2.05, 4.69) is 0 Å². The van der Waals surface area contributed by atoms with Gasteiger partial charge < -0.3 is 9.84 Å². The van der Waals surface area contributed by atoms with Crippen molar-refractivity contribution < 1.29 is 32.6 Å². The number of rotatable bonds is 4. The van der Waals surface area contributed by atoms with Crippen molar-refractivity contribution in [3.05, 3.63) is 12.2 Å². The molecule has 120 valence electrons. The van der Waals surface area contributed by atoms with Crippen molar-refractivity contribution in [2.24, 2.45) is 11.8 Å². The SMILES string of the molecule is CC(C)C1(OC(=O)/C=C/C(=O)O)CCCC(C(F)(F)F)C1. The van der Waals surface area contributed by atoms with Crippen LogP contribution in [0.15, 0.2) is 12.2 Å². The van der Waals surface area contributed by atoms with Gasteiger partial charge in [0, 0.05) is 12.2 Å². The summed E-state index contributed by atoms with van der Waals surface area (Å²) in [7, 11) is 0. The van der Waals surface area contributed by atoms with Gasteiger partial charge in [-0.1, -0.05) is 13.8 Å². The molecule has 2 atom stereocenters. The molecule has 0 aromatic rings. The molecule has 0 spiro atoms. The van der Waals surface area contributed by atoms with Crippen molar-refractivity contribution in [3.63, 3.8) is 0 Å². The normalized spacial score (nSPS) is 27.0. The summed E-state index contributed by atoms with van der Waals surface area (Å²) in [5.41, 5.74) is -1.20. The second-order valence-corrected chi connectivity index (χ2v) is 5.65. The fraction of sp³-hybridized carbons (Fsp3) is 0.714. The average molecular weight is 308 g/mol. The van der Waals surface area contributed by atoms with E-state index in [0.29, 0.717) is 18.9 Å². The van der Waals surface area contributed by atoms with Gasteiger partial charge >= 0.3 is 18.1 Å². The highest BCUT2D eigenvalue weighted by molar-refractivity contribution is 5.90. The quantitative estimate of drug-likeness (QED) is 0.639. The lowest BCUT2D eigenvalue weighted by Gasteiger charge is -2.43. The molecule has 0 saturated heterocycles. The predicted molar refractivity (Wildman–Crippen MR) is 68.4 cm³/mol. The number of alkyl halides is 3. The molecule has 0 bridgehead atoms. The molecule has 0 heterocycles. The summed E-state index contributed by atoms with van der Waals surface area (Å²) >= 11 is 0. The fourth-order valence-corrected chi connectivity index (χ4v) is 2.66. The number of carbonyl (C=O) groups is 2. The van der Waals surface area contributed by atoms with Gasteiger partial charge in [-0.25, -0.2) is 9.59 Å². The summed E-state index contributed by atoms with van der Waals surface area (Å²) in [6.45, 7) is 3.40. The van der Waals surface area contributed by atoms with Gasteiger partial charge in [0.2, 0.25) is 0 Å². The van der Waals surface area contributed by atoms with Crippen LogP contribution in [0.2, 0.25) is 0 Å². The summed E-state index contributed by atoms with van der Waals surface area (Å²) in [6.07, 6.45) is -2.56. The average Bonchev–Trinajstić information content (AvgIpc) is 2.35. The monoisotopic (exact) mass is 308 g/mol. The zero-order chi connectivity index (χ0) is 16.3. The van der Waals surface area contributed by atoms with E-state index in [0.717, 1.165) is 6.08 Å². The maximum atomic E-state index is 12.9. The molecule has 4 nitrogen and oxygen atoms in total. The third-order valence-corrected chi connectivity index (χ3v) is 3.93. The number of hydrogen-bond acceptors (Lipinski definition) is 3. The Morgan fingerprint density at radius 2 is 1.95 bits per heavy atom. The van der Waals surface area contributed by atoms with Crippen molar-refractivity contribution in [3.8, 4) is 0 Å². The summed E-state index contributed by atoms with van der Waals surface area (Å²) in [5, 5.41) is 8.45. The highest BCUT2D eigenvalue weighted by atomic mass is 19.4. The molecule has 2 unspecified atom stereocenters. The molecular weight excluding hydrogens is 289 g/mol. The summed E-state index contributed by atoms with van der Waals surface area (Å²) in [4.78, 5) is 22.0. The van der Waals surface area contributed by atoms with Gasteiger partial charge in [0.15, 0.2) is 0 Å². The first kappa shape index (κ1) is 17.5. The maximum Gasteiger partial charge on any atom is 0.391 e. The van der Waals surface area contributed by atoms with Crippen LogP contribution in [0.1, 0.15) is 39.5 Å². The molecule has 0 aromatic heterocycles. The Morgan fingerprint density at radius 1 is 1.33 bits per heavy atom. The molecule has 1 saturated carbocycles. The summed E-state index contributed by atoms with van der Waals surface area (Å²) in [5.74, 6) is -4.02. The minimum atomic E-state index is -4.32. The van der Waals surface area contributed by atoms with Crippen LogP contribution in [0.25, 0.3) is 0 Å². The molecule has 21 heavy (non-hydrogen) atoms. The Morgan fingerprint density at radius 3 is 2.43 bits per heavy atom. The lowest BCUT2D eigenvalue weighted by molar-refractivity contribution is -0.213. The van der Waals surface area contributed by atoms with Crippen LogP contribution < -0.4 is 0 Å². The van der Waals surface area contributed by atoms with E-state index in [1.807, 2.05) is 0 Å². The number of esters is 1. The van der Waals surface area contributed by atoms with Crippen molar-refractivity contribution in [1.29, 1.82) is 0 Å². The Balaban J connectivity index is 2.88. The molecular formula is C14H19F3O4. The van der Waals surface area contributed by atoms with Crippen molar-refractivity contribution in [1.82, 2.24) is 0 Å². The molecule has 0 aromatic carbocycles. The zero-order valence-corrected chi connectivity index (χ0v) is 11.9. The van der Waals surface area contributed by atoms with Crippen molar-refractivity contribution in [2.45, 2.75) is 51.3 Å². The number of carbonyl (C=O) groups excluding carboxylic acids is 1. The van der Waals surface area contributed by atoms with Crippen molar-refractivity contribution in [2.75, 3.05) is 0 Å². The van der Waals surface area contributed by atoms with Gasteiger partial charge in [0.1, 0.15) is 5.60 Å². The van der Waals surface area contributed by atoms with Gasteiger partial charge in [-0.05, 0) is 31.6 Å². The first-order valence-corrected chi connectivity index (χ1v) is 6.77. The van der Waals surface area contributed by atoms with E-state index >= 15 is 0 Å². The Bertz CT molecular complexity index is 428. The van der Waals surface area contributed by atoms with Gasteiger partial charge in [-0.3, -0.25) is 0 Å². The Hall–Kier alpha value is -1.53. The smallest absolute Gasteiger partial charge is 0.391 e. The second kappa shape index (κ2) is 6.49. The van der Waals surface area contributed by atoms with Crippen LogP contribution in [0.4, 0.5) is 13.2 Å². The van der Waals surface area contributed by atoms with Crippen LogP contribution in [0.5, 0.6) is 0 Å². The van der Waals surface area contributed by atoms with E-state index in [4.69, 9.17) is 9.84 Å². The first-order valence-electron chi connectivity index (χ1n) is 6.77. The van der Waals surface area contributed by atoms with E-state index < -0.39 is 29.6 Å². The molecule has 0 aliphatic heterocycles. The van der Waals surface area contributed by atoms with Crippen LogP contribution in [0, 0.1) is 11.8 Å². The molecule has 1 aliphatic carbocycles. The second-order valence-electron chi connectivity index (χ2n) is 5.65. The highest BCUT2D eigenvalue weighted by Crippen LogP contribution is 2.46. The molecule has 0 amide bonds. The standard InChI is InChI=1S/C14H19F3O4/c1-9(2)13(21-12(20)6-5-11(18)19)7-3-4-10(8-13)14(15,16)17/h5-6,9-10H,3-4,7-8H2,1-2H3,(H,18,19)/b6-5+. The minimum absolute atomic E-state index is 0.0283. The zero-order valence-electron chi connectivity index (χ0n) is 11.9. The Labute approximate surface area is 121 Å². The minimum Gasteiger partial charge on any atom is -0.478 e. The lowest BCUT2D eigenvalue weighted by Crippen LogP contribution is -2.47. The number of hydrogen-bond donors (Lipinski definition) is 1. The number of carboxylic acids is 1.